The lowest BCUT2D eigenvalue weighted by Gasteiger charge is -2.29. The number of rotatable bonds is 5. The minimum atomic E-state index is -0.509. The molecule has 2 fully saturated rings. The zero-order chi connectivity index (χ0) is 22.1. The van der Waals surface area contributed by atoms with Crippen molar-refractivity contribution in [2.24, 2.45) is 11.8 Å². The standard InChI is InChI=1S/C25H30N2O4/c1-24(2,3)31-23(29)27-14-20-21(15-27)25(20,19-12-8-5-9-13-19)17-26-22(28)30-16-18-10-6-4-7-11-18/h4-13,20-21H,14-17H2,1-3H3,(H,26,28). The van der Waals surface area contributed by atoms with Crippen LogP contribution in [-0.4, -0.2) is 42.3 Å². The second kappa shape index (κ2) is 8.25. The molecule has 1 aliphatic heterocycles. The molecule has 0 radical (unpaired) electrons. The van der Waals surface area contributed by atoms with Gasteiger partial charge in [0.25, 0.3) is 0 Å². The van der Waals surface area contributed by atoms with E-state index in [1.54, 1.807) is 4.90 Å². The van der Waals surface area contributed by atoms with Crippen molar-refractivity contribution >= 4 is 12.2 Å². The van der Waals surface area contributed by atoms with E-state index in [0.717, 1.165) is 5.56 Å². The van der Waals surface area contributed by atoms with Crippen molar-refractivity contribution in [3.8, 4) is 0 Å². The molecule has 6 nitrogen and oxygen atoms in total. The van der Waals surface area contributed by atoms with Gasteiger partial charge in [0.15, 0.2) is 0 Å². The Morgan fingerprint density at radius 1 is 1.00 bits per heavy atom. The number of likely N-dealkylation sites (tertiary alicyclic amines) is 1. The summed E-state index contributed by atoms with van der Waals surface area (Å²) in [5, 5.41) is 2.97. The third-order valence-corrected chi connectivity index (χ3v) is 6.24. The van der Waals surface area contributed by atoms with Crippen molar-refractivity contribution in [2.45, 2.75) is 38.4 Å². The Bertz CT molecular complexity index is 912. The van der Waals surface area contributed by atoms with E-state index >= 15 is 0 Å². The van der Waals surface area contributed by atoms with Crippen LogP contribution in [0.4, 0.5) is 9.59 Å². The maximum Gasteiger partial charge on any atom is 0.410 e. The van der Waals surface area contributed by atoms with E-state index in [2.05, 4.69) is 17.4 Å². The molecular weight excluding hydrogens is 392 g/mol. The lowest BCUT2D eigenvalue weighted by atomic mass is 9.90. The van der Waals surface area contributed by atoms with Crippen molar-refractivity contribution in [1.82, 2.24) is 10.2 Å². The fourth-order valence-electron chi connectivity index (χ4n) is 4.74. The molecule has 0 bridgehead atoms. The average Bonchev–Trinajstić information content (AvgIpc) is 3.11. The molecule has 1 saturated heterocycles. The molecule has 2 aliphatic rings. The van der Waals surface area contributed by atoms with Crippen LogP contribution >= 0.6 is 0 Å². The van der Waals surface area contributed by atoms with Crippen LogP contribution in [-0.2, 0) is 21.5 Å². The number of nitrogens with zero attached hydrogens (tertiary/aromatic N) is 1. The van der Waals surface area contributed by atoms with Crippen molar-refractivity contribution in [2.75, 3.05) is 19.6 Å². The van der Waals surface area contributed by atoms with E-state index in [9.17, 15) is 9.59 Å². The van der Waals surface area contributed by atoms with Gasteiger partial charge in [-0.1, -0.05) is 60.7 Å². The molecule has 2 amide bonds. The summed E-state index contributed by atoms with van der Waals surface area (Å²) in [6.45, 7) is 7.62. The molecule has 1 saturated carbocycles. The van der Waals surface area contributed by atoms with E-state index in [4.69, 9.17) is 9.47 Å². The number of piperidine rings is 1. The fraction of sp³-hybridized carbons (Fsp3) is 0.440. The van der Waals surface area contributed by atoms with Crippen LogP contribution in [0.5, 0.6) is 0 Å². The minimum Gasteiger partial charge on any atom is -0.445 e. The van der Waals surface area contributed by atoms with E-state index in [1.807, 2.05) is 69.3 Å². The topological polar surface area (TPSA) is 67.9 Å². The first-order valence-corrected chi connectivity index (χ1v) is 10.8. The first-order chi connectivity index (χ1) is 14.8. The summed E-state index contributed by atoms with van der Waals surface area (Å²) in [6.07, 6.45) is -0.690. The van der Waals surface area contributed by atoms with Gasteiger partial charge in [-0.25, -0.2) is 9.59 Å². The highest BCUT2D eigenvalue weighted by Gasteiger charge is 2.69. The van der Waals surface area contributed by atoms with Crippen molar-refractivity contribution in [3.05, 3.63) is 71.8 Å². The predicted molar refractivity (Wildman–Crippen MR) is 118 cm³/mol. The van der Waals surface area contributed by atoms with Crippen LogP contribution in [0.25, 0.3) is 0 Å². The third-order valence-electron chi connectivity index (χ3n) is 6.24. The van der Waals surface area contributed by atoms with Gasteiger partial charge >= 0.3 is 12.2 Å². The molecule has 4 rings (SSSR count). The van der Waals surface area contributed by atoms with Gasteiger partial charge in [-0.05, 0) is 43.7 Å². The lowest BCUT2D eigenvalue weighted by Crippen LogP contribution is -2.42. The molecule has 1 heterocycles. The van der Waals surface area contributed by atoms with Crippen molar-refractivity contribution in [3.63, 3.8) is 0 Å². The molecule has 0 aromatic heterocycles. The minimum absolute atomic E-state index is 0.175. The van der Waals surface area contributed by atoms with Crippen molar-refractivity contribution < 1.29 is 19.1 Å². The van der Waals surface area contributed by atoms with Gasteiger partial charge < -0.3 is 19.7 Å². The monoisotopic (exact) mass is 422 g/mol. The normalized spacial score (nSPS) is 24.3. The molecule has 2 unspecified atom stereocenters. The largest absolute Gasteiger partial charge is 0.445 e. The number of nitrogens with one attached hydrogen (secondary N) is 1. The van der Waals surface area contributed by atoms with E-state index in [0.29, 0.717) is 19.6 Å². The first kappa shape index (κ1) is 21.2. The average molecular weight is 423 g/mol. The Morgan fingerprint density at radius 2 is 1.58 bits per heavy atom. The molecule has 0 spiro atoms. The molecule has 31 heavy (non-hydrogen) atoms. The Labute approximate surface area is 183 Å². The van der Waals surface area contributed by atoms with E-state index in [1.165, 1.54) is 5.56 Å². The van der Waals surface area contributed by atoms with Crippen LogP contribution < -0.4 is 5.32 Å². The molecule has 2 atom stereocenters. The Balaban J connectivity index is 1.39. The molecule has 1 N–H and O–H groups in total. The van der Waals surface area contributed by atoms with Gasteiger partial charge in [0.05, 0.1) is 0 Å². The quantitative estimate of drug-likeness (QED) is 0.778. The third kappa shape index (κ3) is 4.53. The summed E-state index contributed by atoms with van der Waals surface area (Å²) in [4.78, 5) is 26.6. The molecule has 1 aliphatic carbocycles. The second-order valence-corrected chi connectivity index (χ2v) is 9.42. The Hall–Kier alpha value is -3.02. The smallest absolute Gasteiger partial charge is 0.410 e. The van der Waals surface area contributed by atoms with Crippen molar-refractivity contribution in [1.29, 1.82) is 0 Å². The van der Waals surface area contributed by atoms with Crippen LogP contribution in [0, 0.1) is 11.8 Å². The van der Waals surface area contributed by atoms with Gasteiger partial charge in [-0.2, -0.15) is 0 Å². The highest BCUT2D eigenvalue weighted by atomic mass is 16.6. The highest BCUT2D eigenvalue weighted by Crippen LogP contribution is 2.63. The molecule has 6 heteroatoms. The molecule has 164 valence electrons. The number of hydrogen-bond donors (Lipinski definition) is 1. The summed E-state index contributed by atoms with van der Waals surface area (Å²) in [6, 6.07) is 19.9. The number of carbonyl (C=O) groups excluding carboxylic acids is 2. The maximum atomic E-state index is 12.5. The van der Waals surface area contributed by atoms with Gasteiger partial charge in [0, 0.05) is 25.0 Å². The summed E-state index contributed by atoms with van der Waals surface area (Å²) in [5.74, 6) is 0.577. The summed E-state index contributed by atoms with van der Waals surface area (Å²) in [5.41, 5.74) is 1.46. The Morgan fingerprint density at radius 3 is 2.16 bits per heavy atom. The van der Waals surface area contributed by atoms with Gasteiger partial charge in [0.1, 0.15) is 12.2 Å². The maximum absolute atomic E-state index is 12.5. The molecule has 2 aromatic carbocycles. The zero-order valence-corrected chi connectivity index (χ0v) is 18.3. The van der Waals surface area contributed by atoms with E-state index < -0.39 is 11.7 Å². The van der Waals surface area contributed by atoms with E-state index in [-0.39, 0.29) is 30.0 Å². The number of benzene rings is 2. The predicted octanol–water partition coefficient (Wildman–Crippen LogP) is 4.35. The molecule has 2 aromatic rings. The first-order valence-electron chi connectivity index (χ1n) is 10.8. The van der Waals surface area contributed by atoms with Crippen LogP contribution in [0.2, 0.25) is 0 Å². The summed E-state index contributed by atoms with van der Waals surface area (Å²) < 4.78 is 10.9. The summed E-state index contributed by atoms with van der Waals surface area (Å²) in [7, 11) is 0. The second-order valence-electron chi connectivity index (χ2n) is 9.42. The molecular formula is C25H30N2O4. The number of alkyl carbamates (subject to hydrolysis) is 1. The summed E-state index contributed by atoms with van der Waals surface area (Å²) >= 11 is 0. The Kier molecular flexibility index (Phi) is 5.65. The van der Waals surface area contributed by atoms with Crippen LogP contribution in [0.15, 0.2) is 60.7 Å². The number of fused-ring (bicyclic) bond motifs is 1. The van der Waals surface area contributed by atoms with Crippen LogP contribution in [0.1, 0.15) is 31.9 Å². The zero-order valence-electron chi connectivity index (χ0n) is 18.3. The van der Waals surface area contributed by atoms with Gasteiger partial charge in [-0.3, -0.25) is 0 Å². The number of amides is 2. The van der Waals surface area contributed by atoms with Crippen LogP contribution in [0.3, 0.4) is 0 Å². The highest BCUT2D eigenvalue weighted by molar-refractivity contribution is 5.70. The fourth-order valence-corrected chi connectivity index (χ4v) is 4.74. The SMILES string of the molecule is CC(C)(C)OC(=O)N1CC2C(C1)C2(CNC(=O)OCc1ccccc1)c1ccccc1. The van der Waals surface area contributed by atoms with Gasteiger partial charge in [0.2, 0.25) is 0 Å². The van der Waals surface area contributed by atoms with Gasteiger partial charge in [-0.15, -0.1) is 0 Å². The lowest BCUT2D eigenvalue weighted by molar-refractivity contribution is 0.0260. The number of carbonyl (C=O) groups is 2. The number of ether oxygens (including phenoxy) is 2. The number of hydrogen-bond acceptors (Lipinski definition) is 4.